The van der Waals surface area contributed by atoms with Gasteiger partial charge in [0.2, 0.25) is 0 Å². The van der Waals surface area contributed by atoms with Crippen molar-refractivity contribution in [3.05, 3.63) is 70.1 Å². The molecule has 1 N–H and O–H groups in total. The van der Waals surface area contributed by atoms with E-state index in [9.17, 15) is 18.0 Å². The van der Waals surface area contributed by atoms with Crippen molar-refractivity contribution in [3.8, 4) is 11.1 Å². The van der Waals surface area contributed by atoms with E-state index in [1.807, 2.05) is 44.2 Å². The van der Waals surface area contributed by atoms with Crippen LogP contribution in [-0.2, 0) is 38.7 Å². The highest BCUT2D eigenvalue weighted by Gasteiger charge is 2.22. The number of carbonyl (C=O) groups is 1. The summed E-state index contributed by atoms with van der Waals surface area (Å²) in [5, 5.41) is 3.96. The van der Waals surface area contributed by atoms with Crippen LogP contribution in [0.15, 0.2) is 53.3 Å². The van der Waals surface area contributed by atoms with Crippen LogP contribution < -0.4 is 10.9 Å². The number of hydrogen-bond donors (Lipinski definition) is 1. The minimum Gasteiger partial charge on any atom is -0.444 e. The molecular weight excluding hydrogens is 480 g/mol. The number of nitrogens with one attached hydrogen (secondary N) is 1. The van der Waals surface area contributed by atoms with Crippen LogP contribution in [0.2, 0.25) is 0 Å². The summed E-state index contributed by atoms with van der Waals surface area (Å²) in [6.45, 7) is 9.78. The summed E-state index contributed by atoms with van der Waals surface area (Å²) in [7, 11) is -3.63. The van der Waals surface area contributed by atoms with Crippen LogP contribution in [0, 0.1) is 5.92 Å². The molecule has 1 amide bonds. The lowest BCUT2D eigenvalue weighted by atomic mass is 9.95. The quantitative estimate of drug-likeness (QED) is 0.432. The van der Waals surface area contributed by atoms with Crippen molar-refractivity contribution < 1.29 is 22.1 Å². The zero-order valence-corrected chi connectivity index (χ0v) is 22.4. The van der Waals surface area contributed by atoms with E-state index >= 15 is 0 Å². The van der Waals surface area contributed by atoms with Gasteiger partial charge in [-0.2, -0.15) is 8.42 Å². The summed E-state index contributed by atoms with van der Waals surface area (Å²) in [6.07, 6.45) is 0.412. The van der Waals surface area contributed by atoms with Gasteiger partial charge in [0, 0.05) is 23.2 Å². The van der Waals surface area contributed by atoms with Gasteiger partial charge < -0.3 is 14.6 Å². The maximum absolute atomic E-state index is 13.7. The van der Waals surface area contributed by atoms with E-state index in [0.717, 1.165) is 17.4 Å². The van der Waals surface area contributed by atoms with Crippen LogP contribution >= 0.6 is 0 Å². The Labute approximate surface area is 212 Å². The Bertz CT molecular complexity index is 1400. The first-order valence-electron chi connectivity index (χ1n) is 11.8. The molecule has 2 aromatic carbocycles. The lowest BCUT2D eigenvalue weighted by Gasteiger charge is -2.23. The van der Waals surface area contributed by atoms with Crippen molar-refractivity contribution in [1.29, 1.82) is 0 Å². The molecule has 0 aliphatic carbocycles. The second-order valence-corrected chi connectivity index (χ2v) is 11.8. The third kappa shape index (κ3) is 7.18. The molecule has 0 aliphatic heterocycles. The molecule has 0 unspecified atom stereocenters. The molecule has 0 aliphatic rings. The van der Waals surface area contributed by atoms with Crippen molar-refractivity contribution in [2.75, 3.05) is 6.26 Å². The Morgan fingerprint density at radius 2 is 1.72 bits per heavy atom. The smallest absolute Gasteiger partial charge is 0.407 e. The summed E-state index contributed by atoms with van der Waals surface area (Å²) in [5.41, 5.74) is 2.04. The second-order valence-electron chi connectivity index (χ2n) is 10.2. The third-order valence-corrected chi connectivity index (χ3v) is 5.84. The number of fused-ring (bicyclic) bond motifs is 1. The van der Waals surface area contributed by atoms with Gasteiger partial charge in [-0.05, 0) is 55.3 Å². The molecule has 36 heavy (non-hydrogen) atoms. The van der Waals surface area contributed by atoms with Crippen LogP contribution in [0.5, 0.6) is 0 Å². The zero-order valence-electron chi connectivity index (χ0n) is 21.6. The molecule has 0 fully saturated rings. The highest BCUT2D eigenvalue weighted by molar-refractivity contribution is 7.85. The van der Waals surface area contributed by atoms with Crippen LogP contribution in [0.4, 0.5) is 4.79 Å². The number of carbonyl (C=O) groups excluding carboxylic acids is 1. The Kier molecular flexibility index (Phi) is 8.26. The molecule has 3 rings (SSSR count). The van der Waals surface area contributed by atoms with Crippen LogP contribution in [0.1, 0.15) is 45.9 Å². The lowest BCUT2D eigenvalue weighted by Crippen LogP contribution is -2.35. The summed E-state index contributed by atoms with van der Waals surface area (Å²) >= 11 is 0. The largest absolute Gasteiger partial charge is 0.444 e. The summed E-state index contributed by atoms with van der Waals surface area (Å²) < 4.78 is 35.2. The summed E-state index contributed by atoms with van der Waals surface area (Å²) in [6, 6.07) is 14.8. The molecule has 9 heteroatoms. The highest BCUT2D eigenvalue weighted by atomic mass is 32.2. The van der Waals surface area contributed by atoms with Gasteiger partial charge >= 0.3 is 6.09 Å². The number of nitrogens with zero attached hydrogens (tertiary/aromatic N) is 1. The predicted octanol–water partition coefficient (Wildman–Crippen LogP) is 4.83. The van der Waals surface area contributed by atoms with E-state index in [1.165, 1.54) is 0 Å². The van der Waals surface area contributed by atoms with Crippen LogP contribution in [0.3, 0.4) is 0 Å². The number of alkyl carbamates (subject to hydrolysis) is 1. The molecule has 1 heterocycles. The Balaban J connectivity index is 2.26. The maximum Gasteiger partial charge on any atom is 0.407 e. The number of aromatic nitrogens is 1. The second kappa shape index (κ2) is 10.8. The molecule has 0 saturated heterocycles. The molecule has 0 atom stereocenters. The number of rotatable bonds is 8. The van der Waals surface area contributed by atoms with E-state index in [1.54, 1.807) is 43.5 Å². The highest BCUT2D eigenvalue weighted by Crippen LogP contribution is 2.32. The van der Waals surface area contributed by atoms with Gasteiger partial charge in [-0.3, -0.25) is 8.98 Å². The predicted molar refractivity (Wildman–Crippen MR) is 141 cm³/mol. The minimum absolute atomic E-state index is 0.0705. The first-order chi connectivity index (χ1) is 16.7. The van der Waals surface area contributed by atoms with Crippen molar-refractivity contribution >= 4 is 27.0 Å². The summed E-state index contributed by atoms with van der Waals surface area (Å²) in [4.78, 5) is 26.2. The fourth-order valence-corrected chi connectivity index (χ4v) is 4.30. The van der Waals surface area contributed by atoms with E-state index in [4.69, 9.17) is 8.92 Å². The third-order valence-electron chi connectivity index (χ3n) is 5.29. The summed E-state index contributed by atoms with van der Waals surface area (Å²) in [5.74, 6) is 0.173. The van der Waals surface area contributed by atoms with E-state index in [-0.39, 0.29) is 24.6 Å². The Morgan fingerprint density at radius 3 is 2.31 bits per heavy atom. The molecule has 194 valence electrons. The molecule has 0 radical (unpaired) electrons. The van der Waals surface area contributed by atoms with Gasteiger partial charge in [-0.1, -0.05) is 50.2 Å². The van der Waals surface area contributed by atoms with Crippen molar-refractivity contribution in [2.24, 2.45) is 5.92 Å². The standard InChI is InChI=1S/C27H34N2O6S/c1-18(2)16-29-23(15-28-26(31)35-27(3,4)5)24(20-10-8-7-9-11-20)22-14-19(17-34-36(6,32)33)12-13-21(22)25(29)30/h7-14,18H,15-17H2,1-6H3,(H,28,31). The van der Waals surface area contributed by atoms with E-state index in [2.05, 4.69) is 5.32 Å². The number of amides is 1. The average Bonchev–Trinajstić information content (AvgIpc) is 2.77. The number of hydrogen-bond acceptors (Lipinski definition) is 6. The van der Waals surface area contributed by atoms with Gasteiger partial charge in [-0.15, -0.1) is 0 Å². The molecule has 0 bridgehead atoms. The normalized spacial score (nSPS) is 12.2. The number of benzene rings is 2. The van der Waals surface area contributed by atoms with Crippen LogP contribution in [-0.4, -0.2) is 30.9 Å². The molecular formula is C27H34N2O6S. The van der Waals surface area contributed by atoms with Crippen molar-refractivity contribution in [3.63, 3.8) is 0 Å². The van der Waals surface area contributed by atoms with Gasteiger partial charge in [0.1, 0.15) is 5.60 Å². The molecule has 0 spiro atoms. The van der Waals surface area contributed by atoms with Crippen molar-refractivity contribution in [1.82, 2.24) is 9.88 Å². The lowest BCUT2D eigenvalue weighted by molar-refractivity contribution is 0.0522. The fraction of sp³-hybridized carbons (Fsp3) is 0.407. The first-order valence-corrected chi connectivity index (χ1v) is 13.6. The molecule has 1 aromatic heterocycles. The minimum atomic E-state index is -3.63. The van der Waals surface area contributed by atoms with Gasteiger partial charge in [0.25, 0.3) is 15.7 Å². The molecule has 3 aromatic rings. The van der Waals surface area contributed by atoms with E-state index in [0.29, 0.717) is 28.6 Å². The van der Waals surface area contributed by atoms with Gasteiger partial charge in [0.15, 0.2) is 0 Å². The number of pyridine rings is 1. The Morgan fingerprint density at radius 1 is 1.06 bits per heavy atom. The monoisotopic (exact) mass is 514 g/mol. The van der Waals surface area contributed by atoms with E-state index < -0.39 is 21.8 Å². The zero-order chi connectivity index (χ0) is 26.7. The average molecular weight is 515 g/mol. The topological polar surface area (TPSA) is 104 Å². The van der Waals surface area contributed by atoms with Crippen molar-refractivity contribution in [2.45, 2.75) is 59.9 Å². The Hall–Kier alpha value is -3.17. The maximum atomic E-state index is 13.7. The SMILES string of the molecule is CC(C)Cn1c(CNC(=O)OC(C)(C)C)c(-c2ccccc2)c2cc(COS(C)(=O)=O)ccc2c1=O. The fourth-order valence-electron chi connectivity index (χ4n) is 3.95. The molecule has 8 nitrogen and oxygen atoms in total. The first kappa shape index (κ1) is 27.4. The van der Waals surface area contributed by atoms with Crippen LogP contribution in [0.25, 0.3) is 21.9 Å². The van der Waals surface area contributed by atoms with Gasteiger partial charge in [0.05, 0.1) is 19.4 Å². The van der Waals surface area contributed by atoms with Gasteiger partial charge in [-0.25, -0.2) is 4.79 Å². The molecule has 0 saturated carbocycles. The number of ether oxygens (including phenoxy) is 1.